The SMILES string of the molecule is CCNC(=NCCCOC)N(C)CCC(NC(=O)OC(C)(C)C)C(C)C.I. The minimum Gasteiger partial charge on any atom is -0.444 e. The number of hydrogen-bond donors (Lipinski definition) is 2. The van der Waals surface area contributed by atoms with Crippen LogP contribution in [0.2, 0.25) is 0 Å². The Hall–Kier alpha value is -0.770. The van der Waals surface area contributed by atoms with Crippen molar-refractivity contribution in [3.63, 3.8) is 0 Å². The van der Waals surface area contributed by atoms with Crippen molar-refractivity contribution in [1.29, 1.82) is 0 Å². The third-order valence-corrected chi connectivity index (χ3v) is 3.75. The summed E-state index contributed by atoms with van der Waals surface area (Å²) in [6.07, 6.45) is 1.35. The minimum atomic E-state index is -0.491. The van der Waals surface area contributed by atoms with Gasteiger partial charge in [-0.25, -0.2) is 4.79 Å². The second-order valence-corrected chi connectivity index (χ2v) is 7.79. The Morgan fingerprint density at radius 2 is 1.89 bits per heavy atom. The van der Waals surface area contributed by atoms with Gasteiger partial charge < -0.3 is 25.0 Å². The second kappa shape index (κ2) is 15.2. The van der Waals surface area contributed by atoms with Crippen LogP contribution in [-0.2, 0) is 9.47 Å². The first-order chi connectivity index (χ1) is 12.1. The van der Waals surface area contributed by atoms with Gasteiger partial charge >= 0.3 is 6.09 Å². The van der Waals surface area contributed by atoms with E-state index in [1.54, 1.807) is 7.11 Å². The Bertz CT molecular complexity index is 426. The Kier molecular flexibility index (Phi) is 16.0. The molecule has 27 heavy (non-hydrogen) atoms. The first kappa shape index (κ1) is 28.4. The molecular formula is C19H41IN4O3. The highest BCUT2D eigenvalue weighted by Crippen LogP contribution is 2.11. The van der Waals surface area contributed by atoms with Crippen LogP contribution >= 0.6 is 24.0 Å². The number of guanidine groups is 1. The van der Waals surface area contributed by atoms with Crippen LogP contribution in [0, 0.1) is 5.92 Å². The number of alkyl carbamates (subject to hydrolysis) is 1. The Morgan fingerprint density at radius 3 is 2.37 bits per heavy atom. The van der Waals surface area contributed by atoms with Crippen LogP contribution in [0.15, 0.2) is 4.99 Å². The number of nitrogens with zero attached hydrogens (tertiary/aromatic N) is 2. The van der Waals surface area contributed by atoms with E-state index in [2.05, 4.69) is 41.3 Å². The van der Waals surface area contributed by atoms with E-state index in [9.17, 15) is 4.79 Å². The fourth-order valence-electron chi connectivity index (χ4n) is 2.33. The van der Waals surface area contributed by atoms with Gasteiger partial charge in [-0.1, -0.05) is 13.8 Å². The molecule has 0 aliphatic rings. The molecule has 0 heterocycles. The lowest BCUT2D eigenvalue weighted by Gasteiger charge is -2.28. The average Bonchev–Trinajstić information content (AvgIpc) is 2.52. The van der Waals surface area contributed by atoms with E-state index in [0.717, 1.165) is 38.4 Å². The summed E-state index contributed by atoms with van der Waals surface area (Å²) in [5.74, 6) is 1.19. The third-order valence-electron chi connectivity index (χ3n) is 3.75. The van der Waals surface area contributed by atoms with E-state index in [0.29, 0.717) is 12.5 Å². The molecule has 0 aromatic carbocycles. The highest BCUT2D eigenvalue weighted by Gasteiger charge is 2.22. The quantitative estimate of drug-likeness (QED) is 0.208. The molecule has 162 valence electrons. The van der Waals surface area contributed by atoms with Gasteiger partial charge in [0.15, 0.2) is 5.96 Å². The highest BCUT2D eigenvalue weighted by atomic mass is 127. The molecule has 8 heteroatoms. The normalized spacial score (nSPS) is 13.0. The second-order valence-electron chi connectivity index (χ2n) is 7.79. The summed E-state index contributed by atoms with van der Waals surface area (Å²) in [4.78, 5) is 18.8. The van der Waals surface area contributed by atoms with Crippen LogP contribution < -0.4 is 10.6 Å². The molecular weight excluding hydrogens is 459 g/mol. The number of carbonyl (C=O) groups excluding carboxylic acids is 1. The summed E-state index contributed by atoms with van der Waals surface area (Å²) in [6, 6.07) is 0.0451. The van der Waals surface area contributed by atoms with Gasteiger partial charge in [-0.15, -0.1) is 24.0 Å². The summed E-state index contributed by atoms with van der Waals surface area (Å²) < 4.78 is 10.4. The predicted molar refractivity (Wildman–Crippen MR) is 123 cm³/mol. The number of hydrogen-bond acceptors (Lipinski definition) is 4. The summed E-state index contributed by atoms with van der Waals surface area (Å²) in [6.45, 7) is 14.9. The van der Waals surface area contributed by atoms with Gasteiger partial charge in [0.1, 0.15) is 5.60 Å². The smallest absolute Gasteiger partial charge is 0.407 e. The molecule has 0 aliphatic heterocycles. The van der Waals surface area contributed by atoms with Crippen molar-refractivity contribution in [1.82, 2.24) is 15.5 Å². The number of aliphatic imine (C=N–C) groups is 1. The number of carbonyl (C=O) groups is 1. The molecule has 2 N–H and O–H groups in total. The number of amides is 1. The topological polar surface area (TPSA) is 75.2 Å². The predicted octanol–water partition coefficient (Wildman–Crippen LogP) is 3.48. The van der Waals surface area contributed by atoms with Crippen LogP contribution in [0.5, 0.6) is 0 Å². The van der Waals surface area contributed by atoms with E-state index in [4.69, 9.17) is 9.47 Å². The van der Waals surface area contributed by atoms with Gasteiger partial charge in [0, 0.05) is 46.4 Å². The highest BCUT2D eigenvalue weighted by molar-refractivity contribution is 14.0. The first-order valence-electron chi connectivity index (χ1n) is 9.58. The molecule has 0 aromatic heterocycles. The van der Waals surface area contributed by atoms with Gasteiger partial charge in [0.25, 0.3) is 0 Å². The van der Waals surface area contributed by atoms with E-state index in [1.165, 1.54) is 0 Å². The molecule has 0 bridgehead atoms. The fourth-order valence-corrected chi connectivity index (χ4v) is 2.33. The summed E-state index contributed by atoms with van der Waals surface area (Å²) in [5.41, 5.74) is -0.491. The molecule has 1 atom stereocenters. The van der Waals surface area contributed by atoms with Gasteiger partial charge in [-0.05, 0) is 46.5 Å². The largest absolute Gasteiger partial charge is 0.444 e. The summed E-state index contributed by atoms with van der Waals surface area (Å²) >= 11 is 0. The van der Waals surface area contributed by atoms with Crippen LogP contribution in [0.1, 0.15) is 54.4 Å². The molecule has 1 amide bonds. The lowest BCUT2D eigenvalue weighted by molar-refractivity contribution is 0.0486. The van der Waals surface area contributed by atoms with Gasteiger partial charge in [0.05, 0.1) is 0 Å². The lowest BCUT2D eigenvalue weighted by Crippen LogP contribution is -2.45. The van der Waals surface area contributed by atoms with Crippen molar-refractivity contribution >= 4 is 36.0 Å². The Balaban J connectivity index is 0. The number of halogens is 1. The molecule has 0 radical (unpaired) electrons. The van der Waals surface area contributed by atoms with Crippen molar-refractivity contribution in [2.75, 3.05) is 40.4 Å². The van der Waals surface area contributed by atoms with E-state index in [1.807, 2.05) is 27.8 Å². The van der Waals surface area contributed by atoms with Gasteiger partial charge in [-0.3, -0.25) is 4.99 Å². The molecule has 0 aromatic rings. The van der Waals surface area contributed by atoms with Crippen molar-refractivity contribution in [3.05, 3.63) is 0 Å². The van der Waals surface area contributed by atoms with Gasteiger partial charge in [-0.2, -0.15) is 0 Å². The standard InChI is InChI=1S/C19H40N4O3.HI/c1-9-20-17(21-12-10-14-25-8)23(7)13-11-16(15(2)3)22-18(24)26-19(4,5)6;/h15-16H,9-14H2,1-8H3,(H,20,21)(H,22,24);1H. The number of ether oxygens (including phenoxy) is 2. The maximum Gasteiger partial charge on any atom is 0.407 e. The molecule has 0 spiro atoms. The summed E-state index contributed by atoms with van der Waals surface area (Å²) in [5, 5.41) is 6.30. The number of methoxy groups -OCH3 is 1. The third kappa shape index (κ3) is 14.9. The van der Waals surface area contributed by atoms with E-state index >= 15 is 0 Å². The van der Waals surface area contributed by atoms with Crippen molar-refractivity contribution in [2.45, 2.75) is 66.0 Å². The molecule has 7 nitrogen and oxygen atoms in total. The van der Waals surface area contributed by atoms with Crippen LogP contribution in [0.25, 0.3) is 0 Å². The molecule has 0 fully saturated rings. The lowest BCUT2D eigenvalue weighted by atomic mass is 10.0. The van der Waals surface area contributed by atoms with Crippen molar-refractivity contribution in [2.24, 2.45) is 10.9 Å². The number of rotatable bonds is 10. The maximum atomic E-state index is 12.1. The molecule has 1 unspecified atom stereocenters. The maximum absolute atomic E-state index is 12.1. The zero-order valence-corrected chi connectivity index (χ0v) is 20.8. The summed E-state index contributed by atoms with van der Waals surface area (Å²) in [7, 11) is 3.72. The number of nitrogens with one attached hydrogen (secondary N) is 2. The molecule has 0 saturated carbocycles. The first-order valence-corrected chi connectivity index (χ1v) is 9.58. The minimum absolute atomic E-state index is 0. The Labute approximate surface area is 183 Å². The monoisotopic (exact) mass is 500 g/mol. The van der Waals surface area contributed by atoms with E-state index in [-0.39, 0.29) is 36.1 Å². The molecule has 0 saturated heterocycles. The molecule has 0 aliphatic carbocycles. The Morgan fingerprint density at radius 1 is 1.26 bits per heavy atom. The zero-order chi connectivity index (χ0) is 20.2. The van der Waals surface area contributed by atoms with Crippen LogP contribution in [0.4, 0.5) is 4.79 Å². The zero-order valence-electron chi connectivity index (χ0n) is 18.4. The fraction of sp³-hybridized carbons (Fsp3) is 0.895. The van der Waals surface area contributed by atoms with E-state index < -0.39 is 5.60 Å². The molecule has 0 rings (SSSR count). The van der Waals surface area contributed by atoms with Gasteiger partial charge in [0.2, 0.25) is 0 Å². The average molecular weight is 500 g/mol. The van der Waals surface area contributed by atoms with Crippen LogP contribution in [0.3, 0.4) is 0 Å². The van der Waals surface area contributed by atoms with Crippen LogP contribution in [-0.4, -0.2) is 69.0 Å². The van der Waals surface area contributed by atoms with Crippen molar-refractivity contribution in [3.8, 4) is 0 Å². The van der Waals surface area contributed by atoms with Crippen molar-refractivity contribution < 1.29 is 14.3 Å².